The van der Waals surface area contributed by atoms with Crippen LogP contribution in [0.2, 0.25) is 0 Å². The van der Waals surface area contributed by atoms with Gasteiger partial charge in [0.25, 0.3) is 0 Å². The van der Waals surface area contributed by atoms with Gasteiger partial charge < -0.3 is 13.9 Å². The minimum atomic E-state index is 0.555. The van der Waals surface area contributed by atoms with E-state index in [1.165, 1.54) is 6.33 Å². The minimum Gasteiger partial charge on any atom is -0.467 e. The SMILES string of the molecule is CN(C)c1ccc(/C=N/Nc2ncnc3c2ncn3Cc2ccco2)cc1. The number of aromatic nitrogens is 4. The van der Waals surface area contributed by atoms with Crippen LogP contribution in [0.25, 0.3) is 11.2 Å². The summed E-state index contributed by atoms with van der Waals surface area (Å²) < 4.78 is 7.30. The van der Waals surface area contributed by atoms with Crippen molar-refractivity contribution in [2.45, 2.75) is 6.54 Å². The molecule has 0 aliphatic heterocycles. The highest BCUT2D eigenvalue weighted by Gasteiger charge is 2.10. The summed E-state index contributed by atoms with van der Waals surface area (Å²) >= 11 is 0. The normalized spacial score (nSPS) is 11.3. The zero-order chi connectivity index (χ0) is 18.6. The smallest absolute Gasteiger partial charge is 0.177 e. The average Bonchev–Trinajstić information content (AvgIpc) is 3.33. The Morgan fingerprint density at radius 3 is 2.74 bits per heavy atom. The summed E-state index contributed by atoms with van der Waals surface area (Å²) in [6, 6.07) is 11.9. The lowest BCUT2D eigenvalue weighted by atomic mass is 10.2. The maximum Gasteiger partial charge on any atom is 0.177 e. The zero-order valence-electron chi connectivity index (χ0n) is 15.1. The topological polar surface area (TPSA) is 84.4 Å². The quantitative estimate of drug-likeness (QED) is 0.420. The Balaban J connectivity index is 1.51. The summed E-state index contributed by atoms with van der Waals surface area (Å²) in [5.41, 5.74) is 6.45. The van der Waals surface area contributed by atoms with Crippen molar-refractivity contribution in [2.24, 2.45) is 5.10 Å². The molecule has 0 fully saturated rings. The monoisotopic (exact) mass is 361 g/mol. The van der Waals surface area contributed by atoms with Crippen molar-refractivity contribution >= 4 is 28.9 Å². The number of nitrogens with one attached hydrogen (secondary N) is 1. The zero-order valence-corrected chi connectivity index (χ0v) is 15.1. The molecule has 1 N–H and O–H groups in total. The molecule has 4 aromatic rings. The second kappa shape index (κ2) is 7.28. The molecule has 0 aliphatic carbocycles. The largest absolute Gasteiger partial charge is 0.467 e. The number of benzene rings is 1. The lowest BCUT2D eigenvalue weighted by molar-refractivity contribution is 0.495. The van der Waals surface area contributed by atoms with Gasteiger partial charge in [0.15, 0.2) is 17.0 Å². The van der Waals surface area contributed by atoms with E-state index in [4.69, 9.17) is 4.42 Å². The van der Waals surface area contributed by atoms with Gasteiger partial charge in [-0.1, -0.05) is 12.1 Å². The summed E-state index contributed by atoms with van der Waals surface area (Å²) in [6.07, 6.45) is 6.60. The highest BCUT2D eigenvalue weighted by atomic mass is 16.3. The van der Waals surface area contributed by atoms with Crippen LogP contribution in [-0.4, -0.2) is 39.8 Å². The van der Waals surface area contributed by atoms with Crippen LogP contribution >= 0.6 is 0 Å². The third-order valence-corrected chi connectivity index (χ3v) is 4.10. The molecule has 0 atom stereocenters. The third-order valence-electron chi connectivity index (χ3n) is 4.10. The van der Waals surface area contributed by atoms with Crippen LogP contribution in [-0.2, 0) is 6.54 Å². The van der Waals surface area contributed by atoms with Gasteiger partial charge in [0.1, 0.15) is 12.1 Å². The van der Waals surface area contributed by atoms with E-state index in [2.05, 4.69) is 30.4 Å². The molecule has 3 heterocycles. The van der Waals surface area contributed by atoms with Crippen LogP contribution in [0.3, 0.4) is 0 Å². The number of imidazole rings is 1. The van der Waals surface area contributed by atoms with Crippen molar-refractivity contribution in [3.05, 3.63) is 66.6 Å². The first kappa shape index (κ1) is 16.8. The molecule has 0 amide bonds. The number of fused-ring (bicyclic) bond motifs is 1. The van der Waals surface area contributed by atoms with Crippen LogP contribution in [0.15, 0.2) is 64.8 Å². The molecule has 0 radical (unpaired) electrons. The first-order chi connectivity index (χ1) is 13.2. The highest BCUT2D eigenvalue weighted by molar-refractivity contribution is 5.85. The van der Waals surface area contributed by atoms with E-state index in [0.717, 1.165) is 22.7 Å². The van der Waals surface area contributed by atoms with E-state index < -0.39 is 0 Å². The predicted molar refractivity (Wildman–Crippen MR) is 105 cm³/mol. The molecular formula is C19H19N7O. The van der Waals surface area contributed by atoms with Crippen molar-refractivity contribution < 1.29 is 4.42 Å². The number of hydrazone groups is 1. The number of hydrogen-bond acceptors (Lipinski definition) is 7. The Hall–Kier alpha value is -3.68. The lowest BCUT2D eigenvalue weighted by Gasteiger charge is -2.11. The first-order valence-corrected chi connectivity index (χ1v) is 8.45. The molecular weight excluding hydrogens is 342 g/mol. The third kappa shape index (κ3) is 3.64. The van der Waals surface area contributed by atoms with Crippen LogP contribution in [0.5, 0.6) is 0 Å². The maximum atomic E-state index is 5.39. The van der Waals surface area contributed by atoms with Crippen molar-refractivity contribution in [1.29, 1.82) is 0 Å². The maximum absolute atomic E-state index is 5.39. The van der Waals surface area contributed by atoms with E-state index >= 15 is 0 Å². The molecule has 0 saturated carbocycles. The van der Waals surface area contributed by atoms with Gasteiger partial charge in [-0.05, 0) is 29.8 Å². The van der Waals surface area contributed by atoms with Crippen LogP contribution in [0.4, 0.5) is 11.5 Å². The van der Waals surface area contributed by atoms with Crippen molar-refractivity contribution in [3.63, 3.8) is 0 Å². The fraction of sp³-hybridized carbons (Fsp3) is 0.158. The molecule has 27 heavy (non-hydrogen) atoms. The van der Waals surface area contributed by atoms with E-state index in [-0.39, 0.29) is 0 Å². The fourth-order valence-corrected chi connectivity index (χ4v) is 2.68. The second-order valence-electron chi connectivity index (χ2n) is 6.20. The number of rotatable bonds is 6. The van der Waals surface area contributed by atoms with Gasteiger partial charge in [0.05, 0.1) is 25.3 Å². The Labute approximate surface area is 156 Å². The van der Waals surface area contributed by atoms with Crippen molar-refractivity contribution in [3.8, 4) is 0 Å². The second-order valence-corrected chi connectivity index (χ2v) is 6.20. The van der Waals surface area contributed by atoms with Gasteiger partial charge in [-0.15, -0.1) is 0 Å². The highest BCUT2D eigenvalue weighted by Crippen LogP contribution is 2.18. The Morgan fingerprint density at radius 2 is 2.00 bits per heavy atom. The van der Waals surface area contributed by atoms with Gasteiger partial charge in [-0.25, -0.2) is 15.0 Å². The number of nitrogens with zero attached hydrogens (tertiary/aromatic N) is 6. The van der Waals surface area contributed by atoms with Crippen molar-refractivity contribution in [2.75, 3.05) is 24.4 Å². The van der Waals surface area contributed by atoms with Crippen LogP contribution in [0.1, 0.15) is 11.3 Å². The van der Waals surface area contributed by atoms with E-state index in [9.17, 15) is 0 Å². The molecule has 0 unspecified atom stereocenters. The van der Waals surface area contributed by atoms with E-state index in [1.807, 2.05) is 55.1 Å². The van der Waals surface area contributed by atoms with Gasteiger partial charge >= 0.3 is 0 Å². The average molecular weight is 361 g/mol. The minimum absolute atomic E-state index is 0.555. The van der Waals surface area contributed by atoms with E-state index in [1.54, 1.807) is 18.8 Å². The molecule has 136 valence electrons. The van der Waals surface area contributed by atoms with Crippen LogP contribution < -0.4 is 10.3 Å². The lowest BCUT2D eigenvalue weighted by Crippen LogP contribution is -2.08. The molecule has 8 heteroatoms. The van der Waals surface area contributed by atoms with Gasteiger partial charge in [0.2, 0.25) is 0 Å². The summed E-state index contributed by atoms with van der Waals surface area (Å²) in [5, 5.41) is 4.27. The molecule has 0 spiro atoms. The molecule has 3 aromatic heterocycles. The standard InChI is InChI=1S/C19H19N7O/c1-25(2)15-7-5-14(6-8-15)10-23-24-18-17-19(21-12-20-18)26(13-22-17)11-16-4-3-9-27-16/h3-10,12-13H,11H2,1-2H3,(H,20,21,24)/b23-10+. The Kier molecular flexibility index (Phi) is 4.52. The summed E-state index contributed by atoms with van der Waals surface area (Å²) in [6.45, 7) is 0.557. The predicted octanol–water partition coefficient (Wildman–Crippen LogP) is 2.98. The van der Waals surface area contributed by atoms with Gasteiger partial charge in [-0.3, -0.25) is 5.43 Å². The molecule has 4 rings (SSSR count). The Morgan fingerprint density at radius 1 is 1.15 bits per heavy atom. The van der Waals surface area contributed by atoms with Crippen LogP contribution in [0, 0.1) is 0 Å². The number of anilines is 2. The molecule has 0 saturated heterocycles. The van der Waals surface area contributed by atoms with Gasteiger partial charge in [-0.2, -0.15) is 5.10 Å². The Bertz CT molecular complexity index is 1050. The molecule has 8 nitrogen and oxygen atoms in total. The molecule has 0 bridgehead atoms. The van der Waals surface area contributed by atoms with Crippen molar-refractivity contribution in [1.82, 2.24) is 19.5 Å². The van der Waals surface area contributed by atoms with Gasteiger partial charge in [0, 0.05) is 19.8 Å². The molecule has 1 aromatic carbocycles. The summed E-state index contributed by atoms with van der Waals surface area (Å²) in [7, 11) is 4.02. The first-order valence-electron chi connectivity index (χ1n) is 8.45. The summed E-state index contributed by atoms with van der Waals surface area (Å²) in [4.78, 5) is 15.0. The number of furan rings is 1. The summed E-state index contributed by atoms with van der Waals surface area (Å²) in [5.74, 6) is 1.39. The fourth-order valence-electron chi connectivity index (χ4n) is 2.68. The molecule has 0 aliphatic rings. The number of hydrogen-bond donors (Lipinski definition) is 1. The van der Waals surface area contributed by atoms with E-state index in [0.29, 0.717) is 17.9 Å².